The van der Waals surface area contributed by atoms with Gasteiger partial charge in [0, 0.05) is 22.4 Å². The van der Waals surface area contributed by atoms with Gasteiger partial charge in [0.1, 0.15) is 6.61 Å². The van der Waals surface area contributed by atoms with Gasteiger partial charge in [0.25, 0.3) is 0 Å². The van der Waals surface area contributed by atoms with Crippen molar-refractivity contribution in [1.82, 2.24) is 4.72 Å². The van der Waals surface area contributed by atoms with E-state index in [4.69, 9.17) is 10.4 Å². The van der Waals surface area contributed by atoms with Crippen LogP contribution in [0, 0.1) is 23.2 Å². The Morgan fingerprint density at radius 2 is 2.29 bits per heavy atom. The number of sulfonamides is 1. The number of nitrogens with zero attached hydrogens (tertiary/aromatic N) is 1. The highest BCUT2D eigenvalue weighted by atomic mass is 32.2. The fourth-order valence-corrected chi connectivity index (χ4v) is 2.49. The van der Waals surface area contributed by atoms with Crippen LogP contribution < -0.4 is 4.72 Å². The number of hydrogen-bond acceptors (Lipinski definition) is 5. The van der Waals surface area contributed by atoms with Gasteiger partial charge in [0.05, 0.1) is 6.07 Å². The van der Waals surface area contributed by atoms with Gasteiger partial charge in [-0.1, -0.05) is 11.8 Å². The quantitative estimate of drug-likeness (QED) is 0.756. The topological polar surface area (TPSA) is 90.2 Å². The monoisotopic (exact) mass is 270 g/mol. The van der Waals surface area contributed by atoms with Gasteiger partial charge in [-0.3, -0.25) is 0 Å². The minimum Gasteiger partial charge on any atom is -0.384 e. The van der Waals surface area contributed by atoms with E-state index in [1.807, 2.05) is 0 Å². The summed E-state index contributed by atoms with van der Waals surface area (Å²) in [5.74, 6) is 4.67. The van der Waals surface area contributed by atoms with Crippen LogP contribution in [0.4, 0.5) is 0 Å². The number of hydrogen-bond donors (Lipinski definition) is 2. The Kier molecular flexibility index (Phi) is 5.13. The summed E-state index contributed by atoms with van der Waals surface area (Å²) in [6, 6.07) is 3.32. The van der Waals surface area contributed by atoms with Crippen LogP contribution in [0.1, 0.15) is 10.4 Å². The summed E-state index contributed by atoms with van der Waals surface area (Å²) in [6.45, 7) is -0.0601. The van der Waals surface area contributed by atoms with E-state index in [0.717, 1.165) is 10.4 Å². The molecule has 0 saturated carbocycles. The van der Waals surface area contributed by atoms with Gasteiger partial charge >= 0.3 is 0 Å². The molecular formula is C10H10N2O3S2. The second kappa shape index (κ2) is 6.38. The van der Waals surface area contributed by atoms with Gasteiger partial charge < -0.3 is 5.11 Å². The van der Waals surface area contributed by atoms with Crippen LogP contribution in [0.5, 0.6) is 0 Å². The Morgan fingerprint density at radius 3 is 2.94 bits per heavy atom. The molecule has 0 aliphatic rings. The van der Waals surface area contributed by atoms with Crippen molar-refractivity contribution in [3.8, 4) is 17.9 Å². The average Bonchev–Trinajstić information content (AvgIpc) is 2.72. The average molecular weight is 270 g/mol. The molecule has 0 saturated heterocycles. The summed E-state index contributed by atoms with van der Waals surface area (Å²) < 4.78 is 24.7. The second-order valence-electron chi connectivity index (χ2n) is 3.00. The summed E-state index contributed by atoms with van der Waals surface area (Å²) in [7, 11) is -3.52. The standard InChI is InChI=1S/C10H10N2O3S2/c11-3-5-17(14,15)12-7-10-6-9(8-16-10)2-1-4-13/h6,8,12-13H,4-5,7H2. The molecule has 17 heavy (non-hydrogen) atoms. The van der Waals surface area contributed by atoms with E-state index in [0.29, 0.717) is 0 Å². The van der Waals surface area contributed by atoms with Gasteiger partial charge in [0.15, 0.2) is 5.75 Å². The molecule has 0 aliphatic heterocycles. The third-order valence-corrected chi connectivity index (χ3v) is 3.72. The molecule has 0 amide bonds. The second-order valence-corrected chi connectivity index (χ2v) is 5.80. The van der Waals surface area contributed by atoms with Crippen LogP contribution >= 0.6 is 11.3 Å². The molecule has 0 atom stereocenters. The van der Waals surface area contributed by atoms with Crippen LogP contribution in [0.2, 0.25) is 0 Å². The number of aliphatic hydroxyl groups excluding tert-OH is 1. The molecule has 0 aliphatic carbocycles. The number of aliphatic hydroxyl groups is 1. The Bertz CT molecular complexity index is 573. The lowest BCUT2D eigenvalue weighted by atomic mass is 10.3. The number of nitriles is 1. The maximum Gasteiger partial charge on any atom is 0.225 e. The summed E-state index contributed by atoms with van der Waals surface area (Å²) >= 11 is 1.36. The molecule has 0 spiro atoms. The Hall–Kier alpha value is -1.38. The van der Waals surface area contributed by atoms with Gasteiger partial charge in [-0.05, 0) is 6.07 Å². The predicted molar refractivity (Wildman–Crippen MR) is 64.5 cm³/mol. The highest BCUT2D eigenvalue weighted by molar-refractivity contribution is 7.89. The van der Waals surface area contributed by atoms with E-state index >= 15 is 0 Å². The molecule has 90 valence electrons. The van der Waals surface area contributed by atoms with Crippen molar-refractivity contribution in [2.45, 2.75) is 6.54 Å². The lowest BCUT2D eigenvalue weighted by Crippen LogP contribution is -2.24. The largest absolute Gasteiger partial charge is 0.384 e. The molecule has 5 nitrogen and oxygen atoms in total. The molecule has 0 fully saturated rings. The van der Waals surface area contributed by atoms with Crippen LogP contribution in [-0.4, -0.2) is 25.9 Å². The van der Waals surface area contributed by atoms with E-state index in [1.165, 1.54) is 11.3 Å². The Labute approximate surface area is 104 Å². The zero-order chi connectivity index (χ0) is 12.7. The first-order chi connectivity index (χ1) is 8.07. The van der Waals surface area contributed by atoms with Crippen LogP contribution in [-0.2, 0) is 16.6 Å². The molecule has 0 aromatic carbocycles. The highest BCUT2D eigenvalue weighted by Crippen LogP contribution is 2.13. The molecule has 0 unspecified atom stereocenters. The fourth-order valence-electron chi connectivity index (χ4n) is 0.998. The molecule has 0 radical (unpaired) electrons. The van der Waals surface area contributed by atoms with Crippen molar-refractivity contribution < 1.29 is 13.5 Å². The predicted octanol–water partition coefficient (Wildman–Crippen LogP) is 0.0349. The zero-order valence-corrected chi connectivity index (χ0v) is 10.4. The Morgan fingerprint density at radius 1 is 1.53 bits per heavy atom. The summed E-state index contributed by atoms with van der Waals surface area (Å²) in [4.78, 5) is 0.800. The highest BCUT2D eigenvalue weighted by Gasteiger charge is 2.09. The van der Waals surface area contributed by atoms with Gasteiger partial charge in [-0.2, -0.15) is 5.26 Å². The summed E-state index contributed by atoms with van der Waals surface area (Å²) in [5.41, 5.74) is 0.735. The minimum atomic E-state index is -3.52. The van der Waals surface area contributed by atoms with Crippen molar-refractivity contribution >= 4 is 21.4 Å². The molecule has 1 aromatic heterocycles. The van der Waals surface area contributed by atoms with Crippen molar-refractivity contribution in [3.63, 3.8) is 0 Å². The molecule has 1 heterocycles. The number of rotatable bonds is 4. The van der Waals surface area contributed by atoms with E-state index in [2.05, 4.69) is 16.6 Å². The third kappa shape index (κ3) is 4.98. The Balaban J connectivity index is 2.59. The molecule has 1 aromatic rings. The molecule has 0 bridgehead atoms. The van der Waals surface area contributed by atoms with Gasteiger partial charge in [-0.15, -0.1) is 11.3 Å². The van der Waals surface area contributed by atoms with Crippen molar-refractivity contribution in [1.29, 1.82) is 5.26 Å². The first kappa shape index (κ1) is 13.7. The normalized spacial score (nSPS) is 10.4. The lowest BCUT2D eigenvalue weighted by molar-refractivity contribution is 0.350. The van der Waals surface area contributed by atoms with Crippen LogP contribution in [0.25, 0.3) is 0 Å². The lowest BCUT2D eigenvalue weighted by Gasteiger charge is -1.99. The SMILES string of the molecule is N#CCS(=O)(=O)NCc1cc(C#CCO)cs1. The molecular weight excluding hydrogens is 260 g/mol. The minimum absolute atomic E-state index is 0.148. The first-order valence-electron chi connectivity index (χ1n) is 4.59. The van der Waals surface area contributed by atoms with E-state index < -0.39 is 15.8 Å². The summed E-state index contributed by atoms with van der Waals surface area (Å²) in [6.07, 6.45) is 0. The van der Waals surface area contributed by atoms with Gasteiger partial charge in [-0.25, -0.2) is 13.1 Å². The smallest absolute Gasteiger partial charge is 0.225 e. The number of thiophene rings is 1. The number of nitrogens with one attached hydrogen (secondary N) is 1. The van der Waals surface area contributed by atoms with Crippen molar-refractivity contribution in [2.24, 2.45) is 0 Å². The van der Waals surface area contributed by atoms with Crippen LogP contribution in [0.15, 0.2) is 11.4 Å². The first-order valence-corrected chi connectivity index (χ1v) is 7.12. The molecule has 7 heteroatoms. The van der Waals surface area contributed by atoms with Crippen LogP contribution in [0.3, 0.4) is 0 Å². The maximum atomic E-state index is 11.2. The molecule has 1 rings (SSSR count). The van der Waals surface area contributed by atoms with Crippen molar-refractivity contribution in [2.75, 3.05) is 12.4 Å². The van der Waals surface area contributed by atoms with E-state index in [-0.39, 0.29) is 13.2 Å². The van der Waals surface area contributed by atoms with E-state index in [9.17, 15) is 8.42 Å². The summed E-state index contributed by atoms with van der Waals surface area (Å²) in [5, 5.41) is 18.6. The molecule has 2 N–H and O–H groups in total. The fraction of sp³-hybridized carbons (Fsp3) is 0.300. The maximum absolute atomic E-state index is 11.2. The third-order valence-electron chi connectivity index (χ3n) is 1.69. The zero-order valence-electron chi connectivity index (χ0n) is 8.80. The van der Waals surface area contributed by atoms with Gasteiger partial charge in [0.2, 0.25) is 10.0 Å². The van der Waals surface area contributed by atoms with Crippen molar-refractivity contribution in [3.05, 3.63) is 21.9 Å². The van der Waals surface area contributed by atoms with E-state index in [1.54, 1.807) is 17.5 Å².